The van der Waals surface area contributed by atoms with Gasteiger partial charge in [-0.15, -0.1) is 0 Å². The fourth-order valence-corrected chi connectivity index (χ4v) is 4.60. The molecule has 174 valence electrons. The van der Waals surface area contributed by atoms with E-state index in [1.807, 2.05) is 67.4 Å². The third-order valence-corrected chi connectivity index (χ3v) is 6.40. The molecular weight excluding hydrogens is 414 g/mol. The van der Waals surface area contributed by atoms with Crippen molar-refractivity contribution in [3.8, 4) is 5.75 Å². The zero-order valence-corrected chi connectivity index (χ0v) is 19.4. The number of anilines is 2. The van der Waals surface area contributed by atoms with Crippen molar-refractivity contribution in [3.63, 3.8) is 0 Å². The van der Waals surface area contributed by atoms with Crippen molar-refractivity contribution in [2.24, 2.45) is 0 Å². The highest BCUT2D eigenvalue weighted by atomic mass is 16.3. The van der Waals surface area contributed by atoms with Crippen LogP contribution in [0.1, 0.15) is 42.9 Å². The average molecular weight is 448 g/mol. The van der Waals surface area contributed by atoms with E-state index in [-0.39, 0.29) is 11.7 Å². The van der Waals surface area contributed by atoms with Gasteiger partial charge in [0.15, 0.2) is 0 Å². The Kier molecular flexibility index (Phi) is 7.29. The van der Waals surface area contributed by atoms with Crippen LogP contribution in [0.2, 0.25) is 0 Å². The fourth-order valence-electron chi connectivity index (χ4n) is 4.60. The van der Waals surface area contributed by atoms with Crippen LogP contribution in [0.25, 0.3) is 0 Å². The van der Waals surface area contributed by atoms with Crippen LogP contribution in [0, 0.1) is 0 Å². The van der Waals surface area contributed by atoms with Crippen LogP contribution in [0.5, 0.6) is 5.75 Å². The number of H-pyrrole nitrogens is 1. The summed E-state index contributed by atoms with van der Waals surface area (Å²) >= 11 is 0. The molecule has 1 aromatic heterocycles. The molecule has 7 heteroatoms. The number of nitrogens with one attached hydrogen (secondary N) is 1. The highest BCUT2D eigenvalue weighted by Crippen LogP contribution is 2.34. The first-order chi connectivity index (χ1) is 16.1. The van der Waals surface area contributed by atoms with Crippen LogP contribution in [0.4, 0.5) is 11.4 Å². The first kappa shape index (κ1) is 22.9. The number of hydrogen-bond acceptors (Lipinski definition) is 5. The lowest BCUT2D eigenvalue weighted by atomic mass is 10.0. The molecule has 3 aromatic rings. The molecule has 7 nitrogen and oxygen atoms in total. The first-order valence-corrected chi connectivity index (χ1v) is 11.8. The maximum absolute atomic E-state index is 12.7. The van der Waals surface area contributed by atoms with Crippen molar-refractivity contribution < 1.29 is 9.90 Å². The monoisotopic (exact) mass is 447 g/mol. The largest absolute Gasteiger partial charge is 0.508 e. The number of aromatic nitrogens is 2. The molecule has 2 heterocycles. The summed E-state index contributed by atoms with van der Waals surface area (Å²) in [5.41, 5.74) is 2.69. The van der Waals surface area contributed by atoms with Crippen molar-refractivity contribution >= 4 is 17.3 Å². The zero-order valence-electron chi connectivity index (χ0n) is 19.4. The molecule has 0 atom stereocenters. The van der Waals surface area contributed by atoms with E-state index in [1.165, 1.54) is 0 Å². The highest BCUT2D eigenvalue weighted by molar-refractivity contribution is 5.94. The van der Waals surface area contributed by atoms with Crippen LogP contribution in [0.15, 0.2) is 60.9 Å². The van der Waals surface area contributed by atoms with E-state index in [9.17, 15) is 9.90 Å². The Hall–Kier alpha value is -3.32. The number of aromatic amines is 1. The summed E-state index contributed by atoms with van der Waals surface area (Å²) in [6.07, 6.45) is 5.65. The number of amides is 1. The third kappa shape index (κ3) is 5.37. The summed E-state index contributed by atoms with van der Waals surface area (Å²) in [5, 5.41) is 10.1. The van der Waals surface area contributed by atoms with Gasteiger partial charge in [0.25, 0.3) is 5.91 Å². The lowest BCUT2D eigenvalue weighted by molar-refractivity contribution is 0.0773. The minimum atomic E-state index is 0.0571. The van der Waals surface area contributed by atoms with Gasteiger partial charge in [-0.3, -0.25) is 9.69 Å². The van der Waals surface area contributed by atoms with Gasteiger partial charge in [-0.1, -0.05) is 6.07 Å². The van der Waals surface area contributed by atoms with Crippen molar-refractivity contribution in [2.45, 2.75) is 39.3 Å². The van der Waals surface area contributed by atoms with Gasteiger partial charge in [0.1, 0.15) is 11.6 Å². The molecule has 33 heavy (non-hydrogen) atoms. The molecule has 0 saturated carbocycles. The van der Waals surface area contributed by atoms with E-state index < -0.39 is 0 Å². The number of piperidine rings is 1. The normalized spacial score (nSPS) is 14.8. The molecule has 2 N–H and O–H groups in total. The van der Waals surface area contributed by atoms with Crippen LogP contribution in [0.3, 0.4) is 0 Å². The van der Waals surface area contributed by atoms with Gasteiger partial charge in [0.2, 0.25) is 0 Å². The molecule has 1 saturated heterocycles. The van der Waals surface area contributed by atoms with Crippen LogP contribution >= 0.6 is 0 Å². The summed E-state index contributed by atoms with van der Waals surface area (Å²) in [6.45, 7) is 8.16. The quantitative estimate of drug-likeness (QED) is 0.535. The second-order valence-electron chi connectivity index (χ2n) is 8.46. The van der Waals surface area contributed by atoms with Gasteiger partial charge in [0.05, 0.1) is 6.54 Å². The van der Waals surface area contributed by atoms with Crippen molar-refractivity contribution in [2.75, 3.05) is 31.1 Å². The summed E-state index contributed by atoms with van der Waals surface area (Å²) in [7, 11) is 0. The van der Waals surface area contributed by atoms with E-state index in [1.54, 1.807) is 12.3 Å². The van der Waals surface area contributed by atoms with Crippen LogP contribution in [-0.2, 0) is 6.54 Å². The Morgan fingerprint density at radius 2 is 1.82 bits per heavy atom. The molecule has 0 radical (unpaired) electrons. The van der Waals surface area contributed by atoms with Crippen molar-refractivity contribution in [3.05, 3.63) is 72.3 Å². The van der Waals surface area contributed by atoms with Crippen molar-refractivity contribution in [1.82, 2.24) is 19.8 Å². The molecule has 1 aliphatic rings. The highest BCUT2D eigenvalue weighted by Gasteiger charge is 2.27. The Balaban J connectivity index is 1.54. The third-order valence-electron chi connectivity index (χ3n) is 6.40. The van der Waals surface area contributed by atoms with Crippen molar-refractivity contribution in [1.29, 1.82) is 0 Å². The number of aromatic hydroxyl groups is 1. The van der Waals surface area contributed by atoms with Gasteiger partial charge < -0.3 is 19.9 Å². The standard InChI is InChI=1S/C26H33N5O2/c1-3-30(4-2)26(33)20-8-10-21(11-9-20)31(23-6-5-7-24(32)18-23)22-12-16-29(17-13-22)19-25-27-14-15-28-25/h5-11,14-15,18,22,32H,3-4,12-13,16-17,19H2,1-2H3,(H,27,28). The number of carbonyl (C=O) groups excluding carboxylic acids is 1. The SMILES string of the molecule is CCN(CC)C(=O)c1ccc(N(c2cccc(O)c2)C2CCN(Cc3ncc[nH]3)CC2)cc1. The van der Waals surface area contributed by atoms with Gasteiger partial charge in [-0.25, -0.2) is 4.98 Å². The maximum atomic E-state index is 12.7. The molecule has 1 amide bonds. The lowest BCUT2D eigenvalue weighted by Gasteiger charge is -2.39. The van der Waals surface area contributed by atoms with E-state index in [0.717, 1.165) is 49.7 Å². The maximum Gasteiger partial charge on any atom is 0.253 e. The van der Waals surface area contributed by atoms with E-state index in [4.69, 9.17) is 0 Å². The molecule has 0 bridgehead atoms. The smallest absolute Gasteiger partial charge is 0.253 e. The summed E-state index contributed by atoms with van der Waals surface area (Å²) in [5.74, 6) is 1.30. The summed E-state index contributed by atoms with van der Waals surface area (Å²) in [6, 6.07) is 15.6. The van der Waals surface area contributed by atoms with E-state index in [2.05, 4.69) is 19.8 Å². The molecule has 2 aromatic carbocycles. The van der Waals surface area contributed by atoms with Crippen LogP contribution in [-0.4, -0.2) is 63.0 Å². The predicted molar refractivity (Wildman–Crippen MR) is 131 cm³/mol. The number of likely N-dealkylation sites (tertiary alicyclic amines) is 1. The first-order valence-electron chi connectivity index (χ1n) is 11.8. The molecule has 0 aliphatic carbocycles. The molecule has 0 spiro atoms. The lowest BCUT2D eigenvalue weighted by Crippen LogP contribution is -2.43. The van der Waals surface area contributed by atoms with Crippen LogP contribution < -0.4 is 4.90 Å². The van der Waals surface area contributed by atoms with Gasteiger partial charge in [-0.05, 0) is 63.1 Å². The second-order valence-corrected chi connectivity index (χ2v) is 8.46. The Morgan fingerprint density at radius 1 is 1.09 bits per heavy atom. The Morgan fingerprint density at radius 3 is 2.42 bits per heavy atom. The number of hydrogen-bond donors (Lipinski definition) is 2. The van der Waals surface area contributed by atoms with Gasteiger partial charge >= 0.3 is 0 Å². The summed E-state index contributed by atoms with van der Waals surface area (Å²) in [4.78, 5) is 26.8. The molecular formula is C26H33N5O2. The fraction of sp³-hybridized carbons (Fsp3) is 0.385. The number of phenols is 1. The minimum Gasteiger partial charge on any atom is -0.508 e. The number of imidazole rings is 1. The number of rotatable bonds is 8. The number of benzene rings is 2. The van der Waals surface area contributed by atoms with E-state index in [0.29, 0.717) is 24.7 Å². The zero-order chi connectivity index (χ0) is 23.2. The minimum absolute atomic E-state index is 0.0571. The number of phenolic OH excluding ortho intramolecular Hbond substituents is 1. The molecule has 1 fully saturated rings. The van der Waals surface area contributed by atoms with Gasteiger partial charge in [-0.2, -0.15) is 0 Å². The Labute approximate surface area is 195 Å². The topological polar surface area (TPSA) is 75.7 Å². The predicted octanol–water partition coefficient (Wildman–Crippen LogP) is 4.40. The molecule has 4 rings (SSSR count). The van der Waals surface area contributed by atoms with Gasteiger partial charge in [0, 0.05) is 67.6 Å². The molecule has 1 aliphatic heterocycles. The number of nitrogens with zero attached hydrogens (tertiary/aromatic N) is 4. The second kappa shape index (κ2) is 10.5. The average Bonchev–Trinajstić information content (AvgIpc) is 3.35. The molecule has 0 unspecified atom stereocenters. The summed E-state index contributed by atoms with van der Waals surface area (Å²) < 4.78 is 0. The van der Waals surface area contributed by atoms with E-state index >= 15 is 0 Å². The Bertz CT molecular complexity index is 1020. The number of carbonyl (C=O) groups is 1.